The molecule has 1 N–H and O–H groups in total. The summed E-state index contributed by atoms with van der Waals surface area (Å²) >= 11 is 6.43. The zero-order chi connectivity index (χ0) is 25.2. The second-order valence-corrected chi connectivity index (χ2v) is 7.59. The molecule has 1 amide bonds. The maximum absolute atomic E-state index is 13.4. The number of methoxy groups -OCH3 is 1. The lowest BCUT2D eigenvalue weighted by atomic mass is 10.2. The van der Waals surface area contributed by atoms with Crippen LogP contribution in [0.2, 0.25) is 5.02 Å². The van der Waals surface area contributed by atoms with Crippen molar-refractivity contribution in [1.29, 1.82) is 0 Å². The molecule has 3 rings (SSSR count). The number of nitrogens with zero attached hydrogens (tertiary/aromatic N) is 1. The molecule has 9 heteroatoms. The van der Waals surface area contributed by atoms with E-state index in [-0.39, 0.29) is 17.4 Å². The van der Waals surface area contributed by atoms with Gasteiger partial charge in [-0.3, -0.25) is 4.79 Å². The van der Waals surface area contributed by atoms with Gasteiger partial charge in [-0.1, -0.05) is 23.7 Å². The molecule has 0 aromatic heterocycles. The summed E-state index contributed by atoms with van der Waals surface area (Å²) in [6.45, 7) is 4.60. The van der Waals surface area contributed by atoms with Crippen LogP contribution in [0.1, 0.15) is 35.3 Å². The molecule has 0 atom stereocenters. The van der Waals surface area contributed by atoms with Gasteiger partial charge in [-0.05, 0) is 67.4 Å². The first-order valence-electron chi connectivity index (χ1n) is 10.9. The van der Waals surface area contributed by atoms with Crippen molar-refractivity contribution in [2.24, 2.45) is 5.10 Å². The number of hydrazone groups is 1. The number of carbonyl (C=O) groups excluding carboxylic acids is 1. The Kier molecular flexibility index (Phi) is 9.31. The van der Waals surface area contributed by atoms with Crippen molar-refractivity contribution in [3.05, 3.63) is 82.1 Å². The number of carbonyl (C=O) groups is 1. The lowest BCUT2D eigenvalue weighted by molar-refractivity contribution is 0.0954. The van der Waals surface area contributed by atoms with Crippen LogP contribution in [-0.4, -0.2) is 32.4 Å². The van der Waals surface area contributed by atoms with Gasteiger partial charge in [0.1, 0.15) is 12.4 Å². The molecule has 0 aliphatic rings. The van der Waals surface area contributed by atoms with Gasteiger partial charge in [-0.15, -0.1) is 0 Å². The summed E-state index contributed by atoms with van der Waals surface area (Å²) in [5, 5.41) is 4.31. The van der Waals surface area contributed by atoms with Gasteiger partial charge in [-0.25, -0.2) is 9.82 Å². The van der Waals surface area contributed by atoms with Crippen LogP contribution >= 0.6 is 11.6 Å². The van der Waals surface area contributed by atoms with Gasteiger partial charge in [0.05, 0.1) is 31.6 Å². The number of hydrogen-bond donors (Lipinski definition) is 1. The first-order chi connectivity index (χ1) is 16.9. The standard InChI is InChI=1S/C26H26ClFN2O5/c1-4-33-23-14-19(9-10-22(23)32-3)26(31)30-29-15-18-12-21(27)25(24(13-18)34-5-2)35-16-17-7-6-8-20(28)11-17/h6-15H,4-5,16H2,1-3H3,(H,30,31)/b29-15+. The fraction of sp³-hybridized carbons (Fsp3) is 0.231. The van der Waals surface area contributed by atoms with Gasteiger partial charge in [0.2, 0.25) is 0 Å². The Morgan fingerprint density at radius 3 is 2.49 bits per heavy atom. The molecule has 0 fully saturated rings. The Labute approximate surface area is 208 Å². The lowest BCUT2D eigenvalue weighted by Crippen LogP contribution is -2.17. The Bertz CT molecular complexity index is 1200. The number of rotatable bonds is 11. The van der Waals surface area contributed by atoms with Crippen molar-refractivity contribution in [2.75, 3.05) is 20.3 Å². The van der Waals surface area contributed by atoms with E-state index in [1.54, 1.807) is 42.5 Å². The summed E-state index contributed by atoms with van der Waals surface area (Å²) in [6, 6.07) is 14.3. The largest absolute Gasteiger partial charge is 0.493 e. The highest BCUT2D eigenvalue weighted by Crippen LogP contribution is 2.37. The number of hydrogen-bond acceptors (Lipinski definition) is 6. The molecule has 3 aromatic carbocycles. The van der Waals surface area contributed by atoms with Crippen molar-refractivity contribution in [1.82, 2.24) is 5.43 Å². The van der Waals surface area contributed by atoms with E-state index in [0.29, 0.717) is 52.9 Å². The summed E-state index contributed by atoms with van der Waals surface area (Å²) < 4.78 is 35.6. The third-order valence-electron chi connectivity index (χ3n) is 4.71. The quantitative estimate of drug-likeness (QED) is 0.273. The normalized spacial score (nSPS) is 10.8. The molecule has 0 spiro atoms. The van der Waals surface area contributed by atoms with Crippen LogP contribution in [0.25, 0.3) is 0 Å². The second kappa shape index (κ2) is 12.6. The number of amides is 1. The molecular formula is C26H26ClFN2O5. The van der Waals surface area contributed by atoms with Crippen LogP contribution in [0, 0.1) is 5.82 Å². The summed E-state index contributed by atoms with van der Waals surface area (Å²) in [6.07, 6.45) is 1.44. The topological polar surface area (TPSA) is 78.4 Å². The first-order valence-corrected chi connectivity index (χ1v) is 11.3. The third kappa shape index (κ3) is 7.10. The van der Waals surface area contributed by atoms with Crippen molar-refractivity contribution in [3.8, 4) is 23.0 Å². The van der Waals surface area contributed by atoms with E-state index in [1.165, 1.54) is 25.5 Å². The summed E-state index contributed by atoms with van der Waals surface area (Å²) in [5.41, 5.74) is 4.08. The highest BCUT2D eigenvalue weighted by atomic mass is 35.5. The smallest absolute Gasteiger partial charge is 0.271 e. The Balaban J connectivity index is 1.72. The average Bonchev–Trinajstić information content (AvgIpc) is 2.84. The molecule has 0 aliphatic carbocycles. The molecule has 0 radical (unpaired) electrons. The van der Waals surface area contributed by atoms with Gasteiger partial charge in [0, 0.05) is 5.56 Å². The van der Waals surface area contributed by atoms with E-state index in [2.05, 4.69) is 10.5 Å². The number of halogens is 2. The molecule has 0 saturated carbocycles. The van der Waals surface area contributed by atoms with Gasteiger partial charge < -0.3 is 18.9 Å². The van der Waals surface area contributed by atoms with Crippen LogP contribution in [0.3, 0.4) is 0 Å². The number of benzene rings is 3. The molecule has 0 bridgehead atoms. The molecule has 0 unspecified atom stereocenters. The SMILES string of the molecule is CCOc1cc(C(=O)N/N=C/c2cc(Cl)c(OCc3cccc(F)c3)c(OCC)c2)ccc1OC. The van der Waals surface area contributed by atoms with Crippen molar-refractivity contribution in [2.45, 2.75) is 20.5 Å². The molecule has 184 valence electrons. The van der Waals surface area contributed by atoms with Gasteiger partial charge in [0.25, 0.3) is 5.91 Å². The zero-order valence-electron chi connectivity index (χ0n) is 19.6. The Morgan fingerprint density at radius 2 is 1.77 bits per heavy atom. The molecule has 35 heavy (non-hydrogen) atoms. The predicted octanol–water partition coefficient (Wildman–Crippen LogP) is 5.63. The minimum absolute atomic E-state index is 0.118. The molecule has 7 nitrogen and oxygen atoms in total. The first kappa shape index (κ1) is 25.8. The maximum atomic E-state index is 13.4. The second-order valence-electron chi connectivity index (χ2n) is 7.18. The fourth-order valence-electron chi connectivity index (χ4n) is 3.16. The summed E-state index contributed by atoms with van der Waals surface area (Å²) in [5.74, 6) is 0.968. The van der Waals surface area contributed by atoms with E-state index in [9.17, 15) is 9.18 Å². The van der Waals surface area contributed by atoms with Crippen LogP contribution in [-0.2, 0) is 6.61 Å². The van der Waals surface area contributed by atoms with Gasteiger partial charge in [-0.2, -0.15) is 5.10 Å². The average molecular weight is 501 g/mol. The maximum Gasteiger partial charge on any atom is 0.271 e. The van der Waals surface area contributed by atoms with E-state index >= 15 is 0 Å². The molecule has 0 saturated heterocycles. The van der Waals surface area contributed by atoms with Gasteiger partial charge >= 0.3 is 0 Å². The van der Waals surface area contributed by atoms with E-state index in [1.807, 2.05) is 13.8 Å². The van der Waals surface area contributed by atoms with Crippen molar-refractivity contribution < 1.29 is 28.1 Å². The van der Waals surface area contributed by atoms with Crippen LogP contribution in [0.4, 0.5) is 4.39 Å². The monoisotopic (exact) mass is 500 g/mol. The van der Waals surface area contributed by atoms with Gasteiger partial charge in [0.15, 0.2) is 23.0 Å². The Hall–Kier alpha value is -3.78. The summed E-state index contributed by atoms with van der Waals surface area (Å²) in [7, 11) is 1.53. The van der Waals surface area contributed by atoms with E-state index in [4.69, 9.17) is 30.5 Å². The lowest BCUT2D eigenvalue weighted by Gasteiger charge is -2.14. The fourth-order valence-corrected chi connectivity index (χ4v) is 3.44. The number of ether oxygens (including phenoxy) is 4. The summed E-state index contributed by atoms with van der Waals surface area (Å²) in [4.78, 5) is 12.5. The number of nitrogens with one attached hydrogen (secondary N) is 1. The third-order valence-corrected chi connectivity index (χ3v) is 4.99. The van der Waals surface area contributed by atoms with E-state index in [0.717, 1.165) is 0 Å². The Morgan fingerprint density at radius 1 is 1.00 bits per heavy atom. The van der Waals surface area contributed by atoms with Crippen molar-refractivity contribution >= 4 is 23.7 Å². The van der Waals surface area contributed by atoms with Crippen molar-refractivity contribution in [3.63, 3.8) is 0 Å². The minimum Gasteiger partial charge on any atom is -0.493 e. The van der Waals surface area contributed by atoms with Crippen LogP contribution < -0.4 is 24.4 Å². The zero-order valence-corrected chi connectivity index (χ0v) is 20.4. The molecule has 0 heterocycles. The van der Waals surface area contributed by atoms with E-state index < -0.39 is 5.91 Å². The predicted molar refractivity (Wildman–Crippen MR) is 133 cm³/mol. The minimum atomic E-state index is -0.420. The molecule has 0 aliphatic heterocycles. The highest BCUT2D eigenvalue weighted by Gasteiger charge is 2.14. The highest BCUT2D eigenvalue weighted by molar-refractivity contribution is 6.32. The van der Waals surface area contributed by atoms with Crippen LogP contribution in [0.15, 0.2) is 59.7 Å². The molecular weight excluding hydrogens is 475 g/mol. The molecule has 3 aromatic rings. The van der Waals surface area contributed by atoms with Crippen LogP contribution in [0.5, 0.6) is 23.0 Å².